The fourth-order valence-corrected chi connectivity index (χ4v) is 3.27. The Labute approximate surface area is 96.6 Å². The Hall–Kier alpha value is -0.0400. The molecule has 1 heteroatoms. The van der Waals surface area contributed by atoms with Gasteiger partial charge in [-0.15, -0.1) is 0 Å². The molecule has 0 radical (unpaired) electrons. The smallest absolute Gasteiger partial charge is 0.0467 e. The molecule has 0 saturated carbocycles. The topological polar surface area (TPSA) is 3.24 Å². The molecular formula is C14H27N. The van der Waals surface area contributed by atoms with Crippen LogP contribution in [0.2, 0.25) is 0 Å². The Balaban J connectivity index is 1.80. The second-order valence-electron chi connectivity index (χ2n) is 5.26. The second-order valence-corrected chi connectivity index (χ2v) is 5.26. The summed E-state index contributed by atoms with van der Waals surface area (Å²) in [5.74, 6) is 0. The van der Waals surface area contributed by atoms with Gasteiger partial charge in [-0.3, -0.25) is 4.90 Å². The largest absolute Gasteiger partial charge is 0.297 e. The maximum absolute atomic E-state index is 8.51. The van der Waals surface area contributed by atoms with E-state index in [4.69, 9.17) is 1.37 Å². The van der Waals surface area contributed by atoms with Gasteiger partial charge in [-0.1, -0.05) is 39.0 Å². The summed E-state index contributed by atoms with van der Waals surface area (Å²) in [5, 5.41) is 0. The molecule has 0 amide bonds. The van der Waals surface area contributed by atoms with E-state index >= 15 is 0 Å². The van der Waals surface area contributed by atoms with E-state index < -0.39 is 0 Å². The minimum absolute atomic E-state index is 0.159. The molecule has 0 N–H and O–H groups in total. The molecule has 0 bridgehead atoms. The molecule has 2 saturated heterocycles. The molecule has 0 spiro atoms. The molecule has 2 fully saturated rings. The summed E-state index contributed by atoms with van der Waals surface area (Å²) in [5.41, 5.74) is 0. The third kappa shape index (κ3) is 2.96. The highest BCUT2D eigenvalue weighted by Crippen LogP contribution is 2.32. The number of hydrogen-bond donors (Lipinski definition) is 0. The van der Waals surface area contributed by atoms with Crippen LogP contribution in [-0.4, -0.2) is 23.5 Å². The number of rotatable bonds is 5. The van der Waals surface area contributed by atoms with Crippen LogP contribution in [0.3, 0.4) is 0 Å². The predicted octanol–water partition coefficient (Wildman–Crippen LogP) is 3.97. The first-order valence-corrected chi connectivity index (χ1v) is 7.03. The zero-order valence-electron chi connectivity index (χ0n) is 11.3. The van der Waals surface area contributed by atoms with Gasteiger partial charge in [0.25, 0.3) is 0 Å². The van der Waals surface area contributed by atoms with E-state index in [9.17, 15) is 0 Å². The predicted molar refractivity (Wildman–Crippen MR) is 66.1 cm³/mol. The summed E-state index contributed by atoms with van der Waals surface area (Å²) in [6.45, 7) is 3.47. The van der Waals surface area contributed by atoms with Gasteiger partial charge in [0.1, 0.15) is 0 Å². The van der Waals surface area contributed by atoms with E-state index in [0.717, 1.165) is 18.9 Å². The highest BCUT2D eigenvalue weighted by molar-refractivity contribution is 4.88. The summed E-state index contributed by atoms with van der Waals surface area (Å²) in [4.78, 5) is 2.53. The van der Waals surface area contributed by atoms with Gasteiger partial charge in [0.05, 0.1) is 0 Å². The van der Waals surface area contributed by atoms with Crippen LogP contribution in [0, 0.1) is 0 Å². The molecule has 0 unspecified atom stereocenters. The van der Waals surface area contributed by atoms with E-state index in [2.05, 4.69) is 11.8 Å². The first-order chi connectivity index (χ1) is 7.76. The molecule has 1 nitrogen and oxygen atoms in total. The van der Waals surface area contributed by atoms with Gasteiger partial charge in [0, 0.05) is 13.4 Å². The molecule has 0 aromatic carbocycles. The molecule has 2 aliphatic rings. The Morgan fingerprint density at radius 1 is 1.13 bits per heavy atom. The van der Waals surface area contributed by atoms with Gasteiger partial charge >= 0.3 is 0 Å². The minimum atomic E-state index is -0.159. The van der Waals surface area contributed by atoms with E-state index in [0.29, 0.717) is 0 Å². The zero-order chi connectivity index (χ0) is 11.4. The highest BCUT2D eigenvalue weighted by atomic mass is 15.2. The first-order valence-electron chi connectivity index (χ1n) is 7.53. The number of hydrogen-bond acceptors (Lipinski definition) is 1. The first kappa shape index (κ1) is 10.1. The molecular weight excluding hydrogens is 182 g/mol. The Morgan fingerprint density at radius 3 is 2.87 bits per heavy atom. The van der Waals surface area contributed by atoms with Gasteiger partial charge in [0.15, 0.2) is 0 Å². The molecule has 2 aliphatic heterocycles. The Morgan fingerprint density at radius 2 is 2.00 bits per heavy atom. The highest BCUT2D eigenvalue weighted by Gasteiger charge is 2.32. The van der Waals surface area contributed by atoms with E-state index in [1.54, 1.807) is 0 Å². The monoisotopic (exact) mass is 210 g/mol. The van der Waals surface area contributed by atoms with E-state index in [-0.39, 0.29) is 6.02 Å². The van der Waals surface area contributed by atoms with Crippen LogP contribution in [-0.2, 0) is 0 Å². The number of unbranched alkanes of at least 4 members (excludes halogenated alkanes) is 3. The normalized spacial score (nSPS) is 37.7. The molecule has 0 aromatic heterocycles. The van der Waals surface area contributed by atoms with Crippen molar-refractivity contribution in [2.75, 3.05) is 6.54 Å². The lowest BCUT2D eigenvalue weighted by Crippen LogP contribution is -2.42. The average molecular weight is 210 g/mol. The van der Waals surface area contributed by atoms with Crippen molar-refractivity contribution < 1.29 is 1.37 Å². The molecule has 0 aromatic rings. The zero-order valence-corrected chi connectivity index (χ0v) is 10.3. The molecule has 15 heavy (non-hydrogen) atoms. The SMILES string of the molecule is [2H][C@]12CCC[C@@H](CCCCCC)N1CCC2. The Kier molecular flexibility index (Phi) is 3.98. The summed E-state index contributed by atoms with van der Waals surface area (Å²) in [7, 11) is 0. The van der Waals surface area contributed by atoms with Crippen LogP contribution in [0.25, 0.3) is 0 Å². The third-order valence-electron chi connectivity index (χ3n) is 4.10. The van der Waals surface area contributed by atoms with Crippen molar-refractivity contribution >= 4 is 0 Å². The lowest BCUT2D eigenvalue weighted by atomic mass is 9.93. The van der Waals surface area contributed by atoms with Gasteiger partial charge in [-0.2, -0.15) is 0 Å². The molecule has 88 valence electrons. The van der Waals surface area contributed by atoms with Crippen LogP contribution in [0.1, 0.15) is 72.5 Å². The minimum Gasteiger partial charge on any atom is -0.297 e. The summed E-state index contributed by atoms with van der Waals surface area (Å²) in [6, 6.07) is 0.582. The van der Waals surface area contributed by atoms with E-state index in [1.807, 2.05) is 0 Å². The number of nitrogens with zero attached hydrogens (tertiary/aromatic N) is 1. The van der Waals surface area contributed by atoms with Gasteiger partial charge in [0.2, 0.25) is 0 Å². The van der Waals surface area contributed by atoms with Crippen LogP contribution in [0.5, 0.6) is 0 Å². The van der Waals surface area contributed by atoms with Crippen molar-refractivity contribution in [1.82, 2.24) is 4.90 Å². The van der Waals surface area contributed by atoms with Gasteiger partial charge in [-0.05, 0) is 38.6 Å². The van der Waals surface area contributed by atoms with Crippen molar-refractivity contribution in [3.63, 3.8) is 0 Å². The van der Waals surface area contributed by atoms with Crippen LogP contribution < -0.4 is 0 Å². The lowest BCUT2D eigenvalue weighted by Gasteiger charge is -2.37. The van der Waals surface area contributed by atoms with Crippen LogP contribution >= 0.6 is 0 Å². The maximum atomic E-state index is 8.51. The Bertz CT molecular complexity index is 219. The van der Waals surface area contributed by atoms with Crippen molar-refractivity contribution in [3.05, 3.63) is 0 Å². The molecule has 2 rings (SSSR count). The molecule has 2 atom stereocenters. The van der Waals surface area contributed by atoms with Crippen molar-refractivity contribution in [1.29, 1.82) is 0 Å². The van der Waals surface area contributed by atoms with Crippen molar-refractivity contribution in [3.8, 4) is 0 Å². The molecule has 2 heterocycles. The summed E-state index contributed by atoms with van der Waals surface area (Å²) >= 11 is 0. The lowest BCUT2D eigenvalue weighted by molar-refractivity contribution is 0.114. The number of fused-ring (bicyclic) bond motifs is 1. The molecule has 0 aliphatic carbocycles. The van der Waals surface area contributed by atoms with Gasteiger partial charge in [-0.25, -0.2) is 0 Å². The quantitative estimate of drug-likeness (QED) is 0.621. The second kappa shape index (κ2) is 5.89. The number of piperidine rings is 1. The van der Waals surface area contributed by atoms with Gasteiger partial charge < -0.3 is 0 Å². The fraction of sp³-hybridized carbons (Fsp3) is 1.00. The standard InChI is InChI=1S/C14H27N/c1-2-3-4-5-8-13-9-6-10-14-11-7-12-15(13)14/h13-14H,2-12H2,1H3/t13-,14-/m1/s1/i14D. The van der Waals surface area contributed by atoms with E-state index in [1.165, 1.54) is 57.9 Å². The van der Waals surface area contributed by atoms with Crippen LogP contribution in [0.4, 0.5) is 0 Å². The van der Waals surface area contributed by atoms with Crippen LogP contribution in [0.15, 0.2) is 0 Å². The fourth-order valence-electron chi connectivity index (χ4n) is 3.27. The van der Waals surface area contributed by atoms with Crippen molar-refractivity contribution in [2.45, 2.75) is 83.2 Å². The maximum Gasteiger partial charge on any atom is 0.0467 e. The average Bonchev–Trinajstić information content (AvgIpc) is 2.66. The summed E-state index contributed by atoms with van der Waals surface area (Å²) in [6.07, 6.45) is 13.0. The summed E-state index contributed by atoms with van der Waals surface area (Å²) < 4.78 is 8.51. The third-order valence-corrected chi connectivity index (χ3v) is 4.10. The van der Waals surface area contributed by atoms with Crippen molar-refractivity contribution in [2.24, 2.45) is 0 Å².